The zero-order valence-electron chi connectivity index (χ0n) is 13.2. The standard InChI is InChI=1S/C16H27N3O3/c1-2-7-19-12-16(4-3-14(19)21)5-8-18(9-6-16)15(22)10-13(20)11-17/h2,13,20H,1,3-12,17H2/t13-/m1/s1. The smallest absolute Gasteiger partial charge is 0.225 e. The molecular formula is C16H27N3O3. The maximum absolute atomic E-state index is 12.1. The molecule has 0 aliphatic carbocycles. The molecule has 2 saturated heterocycles. The fourth-order valence-electron chi connectivity index (χ4n) is 3.48. The van der Waals surface area contributed by atoms with Crippen LogP contribution in [0, 0.1) is 5.41 Å². The van der Waals surface area contributed by atoms with Gasteiger partial charge in [-0.1, -0.05) is 6.08 Å². The second-order valence-corrected chi connectivity index (χ2v) is 6.54. The Hall–Kier alpha value is -1.40. The highest BCUT2D eigenvalue weighted by Gasteiger charge is 2.41. The lowest BCUT2D eigenvalue weighted by Gasteiger charge is -2.47. The zero-order chi connectivity index (χ0) is 16.2. The van der Waals surface area contributed by atoms with E-state index in [9.17, 15) is 14.7 Å². The molecule has 0 aromatic rings. The van der Waals surface area contributed by atoms with Gasteiger partial charge in [-0.3, -0.25) is 9.59 Å². The quantitative estimate of drug-likeness (QED) is 0.706. The summed E-state index contributed by atoms with van der Waals surface area (Å²) in [5, 5.41) is 9.50. The summed E-state index contributed by atoms with van der Waals surface area (Å²) in [5.41, 5.74) is 5.49. The molecule has 0 unspecified atom stereocenters. The number of rotatable bonds is 5. The normalized spacial score (nSPS) is 22.7. The van der Waals surface area contributed by atoms with Crippen LogP contribution in [0.4, 0.5) is 0 Å². The Kier molecular flexibility index (Phi) is 5.58. The van der Waals surface area contributed by atoms with E-state index in [1.54, 1.807) is 6.08 Å². The number of hydrogen-bond acceptors (Lipinski definition) is 4. The van der Waals surface area contributed by atoms with E-state index in [0.29, 0.717) is 26.1 Å². The van der Waals surface area contributed by atoms with Crippen molar-refractivity contribution in [1.29, 1.82) is 0 Å². The lowest BCUT2D eigenvalue weighted by molar-refractivity contribution is -0.142. The van der Waals surface area contributed by atoms with Crippen molar-refractivity contribution in [3.05, 3.63) is 12.7 Å². The molecule has 2 aliphatic rings. The number of likely N-dealkylation sites (tertiary alicyclic amines) is 2. The van der Waals surface area contributed by atoms with Crippen LogP contribution in [0.15, 0.2) is 12.7 Å². The van der Waals surface area contributed by atoms with Crippen molar-refractivity contribution in [3.63, 3.8) is 0 Å². The third-order valence-electron chi connectivity index (χ3n) is 4.96. The van der Waals surface area contributed by atoms with Crippen LogP contribution in [0.5, 0.6) is 0 Å². The zero-order valence-corrected chi connectivity index (χ0v) is 13.2. The van der Waals surface area contributed by atoms with Gasteiger partial charge in [-0.15, -0.1) is 6.58 Å². The summed E-state index contributed by atoms with van der Waals surface area (Å²) in [7, 11) is 0. The molecule has 2 fully saturated rings. The van der Waals surface area contributed by atoms with E-state index < -0.39 is 6.10 Å². The molecular weight excluding hydrogens is 282 g/mol. The van der Waals surface area contributed by atoms with Crippen molar-refractivity contribution in [3.8, 4) is 0 Å². The van der Waals surface area contributed by atoms with Crippen LogP contribution in [-0.4, -0.2) is 65.5 Å². The van der Waals surface area contributed by atoms with Crippen molar-refractivity contribution in [2.24, 2.45) is 11.1 Å². The minimum absolute atomic E-state index is 0.0253. The van der Waals surface area contributed by atoms with Crippen LogP contribution < -0.4 is 5.73 Å². The van der Waals surface area contributed by atoms with E-state index in [4.69, 9.17) is 5.73 Å². The van der Waals surface area contributed by atoms with Gasteiger partial charge in [0.1, 0.15) is 0 Å². The number of hydrogen-bond donors (Lipinski definition) is 2. The maximum Gasteiger partial charge on any atom is 0.225 e. The Morgan fingerprint density at radius 1 is 1.41 bits per heavy atom. The van der Waals surface area contributed by atoms with Gasteiger partial charge in [0.15, 0.2) is 0 Å². The second kappa shape index (κ2) is 7.24. The van der Waals surface area contributed by atoms with Crippen LogP contribution in [0.3, 0.4) is 0 Å². The van der Waals surface area contributed by atoms with Gasteiger partial charge < -0.3 is 20.6 Å². The largest absolute Gasteiger partial charge is 0.391 e. The first kappa shape index (κ1) is 17.0. The van der Waals surface area contributed by atoms with Crippen LogP contribution in [0.25, 0.3) is 0 Å². The van der Waals surface area contributed by atoms with Gasteiger partial charge >= 0.3 is 0 Å². The van der Waals surface area contributed by atoms with Crippen LogP contribution in [0.1, 0.15) is 32.1 Å². The number of carbonyl (C=O) groups is 2. The molecule has 1 spiro atoms. The Morgan fingerprint density at radius 2 is 2.09 bits per heavy atom. The molecule has 3 N–H and O–H groups in total. The van der Waals surface area contributed by atoms with Crippen molar-refractivity contribution in [2.45, 2.75) is 38.2 Å². The van der Waals surface area contributed by atoms with Gasteiger partial charge in [0.05, 0.1) is 12.5 Å². The highest BCUT2D eigenvalue weighted by molar-refractivity contribution is 5.78. The van der Waals surface area contributed by atoms with Crippen molar-refractivity contribution >= 4 is 11.8 Å². The first-order valence-electron chi connectivity index (χ1n) is 8.04. The summed E-state index contributed by atoms with van der Waals surface area (Å²) in [4.78, 5) is 27.7. The molecule has 0 radical (unpaired) electrons. The molecule has 2 rings (SSSR count). The molecule has 22 heavy (non-hydrogen) atoms. The molecule has 2 amide bonds. The van der Waals surface area contributed by atoms with E-state index in [2.05, 4.69) is 6.58 Å². The number of piperidine rings is 2. The lowest BCUT2D eigenvalue weighted by Crippen LogP contribution is -2.52. The van der Waals surface area contributed by atoms with Gasteiger partial charge in [-0.25, -0.2) is 0 Å². The Morgan fingerprint density at radius 3 is 2.68 bits per heavy atom. The van der Waals surface area contributed by atoms with Gasteiger partial charge in [0.2, 0.25) is 11.8 Å². The number of aliphatic hydroxyl groups excluding tert-OH is 1. The van der Waals surface area contributed by atoms with E-state index in [-0.39, 0.29) is 30.2 Å². The number of nitrogens with two attached hydrogens (primary N) is 1. The average molecular weight is 309 g/mol. The SMILES string of the molecule is C=CCN1CC2(CCC1=O)CCN(C(=O)C[C@@H](O)CN)CC2. The van der Waals surface area contributed by atoms with Crippen LogP contribution in [-0.2, 0) is 9.59 Å². The van der Waals surface area contributed by atoms with Crippen LogP contribution >= 0.6 is 0 Å². The summed E-state index contributed by atoms with van der Waals surface area (Å²) in [6.45, 7) is 6.60. The Bertz CT molecular complexity index is 430. The van der Waals surface area contributed by atoms with Crippen LogP contribution in [0.2, 0.25) is 0 Å². The van der Waals surface area contributed by atoms with Gasteiger partial charge in [0.25, 0.3) is 0 Å². The fourth-order valence-corrected chi connectivity index (χ4v) is 3.48. The fraction of sp³-hybridized carbons (Fsp3) is 0.750. The molecule has 0 saturated carbocycles. The minimum Gasteiger partial charge on any atom is -0.391 e. The molecule has 6 nitrogen and oxygen atoms in total. The molecule has 2 heterocycles. The average Bonchev–Trinajstić information content (AvgIpc) is 2.52. The molecule has 0 aromatic carbocycles. The number of aliphatic hydroxyl groups is 1. The number of nitrogens with zero attached hydrogens (tertiary/aromatic N) is 2. The summed E-state index contributed by atoms with van der Waals surface area (Å²) in [6.07, 6.45) is 4.45. The van der Waals surface area contributed by atoms with E-state index in [1.165, 1.54) is 0 Å². The monoisotopic (exact) mass is 309 g/mol. The molecule has 1 atom stereocenters. The Labute approximate surface area is 131 Å². The van der Waals surface area contributed by atoms with Gasteiger partial charge in [0, 0.05) is 39.1 Å². The summed E-state index contributed by atoms with van der Waals surface area (Å²) in [5.74, 6) is 0.178. The van der Waals surface area contributed by atoms with Crippen molar-refractivity contribution in [2.75, 3.05) is 32.7 Å². The van der Waals surface area contributed by atoms with Gasteiger partial charge in [-0.2, -0.15) is 0 Å². The lowest BCUT2D eigenvalue weighted by atomic mass is 9.72. The minimum atomic E-state index is -0.751. The number of carbonyl (C=O) groups excluding carboxylic acids is 2. The summed E-state index contributed by atoms with van der Waals surface area (Å²) >= 11 is 0. The molecule has 0 aromatic heterocycles. The predicted molar refractivity (Wildman–Crippen MR) is 83.9 cm³/mol. The third-order valence-corrected chi connectivity index (χ3v) is 4.96. The molecule has 0 bridgehead atoms. The third kappa shape index (κ3) is 3.87. The first-order chi connectivity index (χ1) is 10.5. The first-order valence-corrected chi connectivity index (χ1v) is 8.04. The Balaban J connectivity index is 1.89. The molecule has 2 aliphatic heterocycles. The highest BCUT2D eigenvalue weighted by atomic mass is 16.3. The van der Waals surface area contributed by atoms with Crippen molar-refractivity contribution in [1.82, 2.24) is 9.80 Å². The summed E-state index contributed by atoms with van der Waals surface area (Å²) in [6, 6.07) is 0. The van der Waals surface area contributed by atoms with Crippen molar-refractivity contribution < 1.29 is 14.7 Å². The maximum atomic E-state index is 12.1. The second-order valence-electron chi connectivity index (χ2n) is 6.54. The predicted octanol–water partition coefficient (Wildman–Crippen LogP) is 0.113. The van der Waals surface area contributed by atoms with Gasteiger partial charge in [-0.05, 0) is 24.7 Å². The topological polar surface area (TPSA) is 86.9 Å². The van der Waals surface area contributed by atoms with E-state index in [0.717, 1.165) is 25.8 Å². The highest BCUT2D eigenvalue weighted by Crippen LogP contribution is 2.40. The van der Waals surface area contributed by atoms with E-state index >= 15 is 0 Å². The molecule has 6 heteroatoms. The number of amides is 2. The van der Waals surface area contributed by atoms with E-state index in [1.807, 2.05) is 9.80 Å². The summed E-state index contributed by atoms with van der Waals surface area (Å²) < 4.78 is 0. The molecule has 124 valence electrons.